The molecule has 0 bridgehead atoms. The van der Waals surface area contributed by atoms with E-state index in [-0.39, 0.29) is 5.91 Å². The van der Waals surface area contributed by atoms with Gasteiger partial charge in [0.2, 0.25) is 5.91 Å². The molecular formula is C20H21Cl3N2OS. The summed E-state index contributed by atoms with van der Waals surface area (Å²) in [5.41, 5.74) is 3.19. The van der Waals surface area contributed by atoms with Crippen LogP contribution in [0, 0.1) is 6.92 Å². The summed E-state index contributed by atoms with van der Waals surface area (Å²) in [5, 5.41) is 1.45. The Balaban J connectivity index is 1.60. The maximum Gasteiger partial charge on any atom is 0.235 e. The van der Waals surface area contributed by atoms with Crippen LogP contribution < -0.4 is 4.90 Å². The van der Waals surface area contributed by atoms with Crippen LogP contribution in [0.15, 0.2) is 36.4 Å². The van der Waals surface area contributed by atoms with E-state index in [9.17, 15) is 4.79 Å². The molecule has 144 valence electrons. The fourth-order valence-corrected chi connectivity index (χ4v) is 4.30. The standard InChI is InChI=1S/C20H21Cl3N2OS/c1-13-2-4-16(22)12-18(13)24-6-8-25(9-7-24)20(26)19(27)10-14-3-5-15(21)11-17(14)23/h2-5,11-12,19,27H,6-10H2,1H3. The molecule has 1 heterocycles. The van der Waals surface area contributed by atoms with Gasteiger partial charge in [-0.2, -0.15) is 12.6 Å². The van der Waals surface area contributed by atoms with Gasteiger partial charge in [0.25, 0.3) is 0 Å². The molecule has 7 heteroatoms. The fourth-order valence-electron chi connectivity index (χ4n) is 3.28. The number of nitrogens with zero attached hydrogens (tertiary/aromatic N) is 2. The first-order valence-electron chi connectivity index (χ1n) is 8.77. The van der Waals surface area contributed by atoms with Crippen LogP contribution >= 0.6 is 47.4 Å². The highest BCUT2D eigenvalue weighted by molar-refractivity contribution is 7.81. The number of anilines is 1. The van der Waals surface area contributed by atoms with Crippen molar-refractivity contribution >= 4 is 59.0 Å². The monoisotopic (exact) mass is 442 g/mol. The van der Waals surface area contributed by atoms with Crippen molar-refractivity contribution in [2.75, 3.05) is 31.1 Å². The van der Waals surface area contributed by atoms with Gasteiger partial charge in [-0.3, -0.25) is 4.79 Å². The van der Waals surface area contributed by atoms with E-state index in [2.05, 4.69) is 24.5 Å². The number of piperazine rings is 1. The topological polar surface area (TPSA) is 23.6 Å². The van der Waals surface area contributed by atoms with Gasteiger partial charge >= 0.3 is 0 Å². The molecule has 1 aliphatic heterocycles. The van der Waals surface area contributed by atoms with Crippen molar-refractivity contribution in [2.24, 2.45) is 0 Å². The second kappa shape index (κ2) is 8.95. The Labute approximate surface area is 180 Å². The third-order valence-corrected chi connectivity index (χ3v) is 6.04. The molecule has 2 aromatic carbocycles. The van der Waals surface area contributed by atoms with E-state index < -0.39 is 5.25 Å². The molecule has 3 rings (SSSR count). The van der Waals surface area contributed by atoms with Crippen LogP contribution in [0.25, 0.3) is 0 Å². The Morgan fingerprint density at radius 1 is 1.04 bits per heavy atom. The summed E-state index contributed by atoms with van der Waals surface area (Å²) in [6, 6.07) is 11.2. The van der Waals surface area contributed by atoms with Crippen LogP contribution in [0.5, 0.6) is 0 Å². The highest BCUT2D eigenvalue weighted by Crippen LogP contribution is 2.26. The summed E-state index contributed by atoms with van der Waals surface area (Å²) in [6.45, 7) is 4.94. The maximum atomic E-state index is 12.8. The maximum absolute atomic E-state index is 12.8. The summed E-state index contributed by atoms with van der Waals surface area (Å²) < 4.78 is 0. The third kappa shape index (κ3) is 5.05. The number of benzene rings is 2. The second-order valence-electron chi connectivity index (χ2n) is 6.70. The minimum Gasteiger partial charge on any atom is -0.368 e. The summed E-state index contributed by atoms with van der Waals surface area (Å²) in [6.07, 6.45) is 0.478. The van der Waals surface area contributed by atoms with E-state index in [1.165, 1.54) is 5.56 Å². The van der Waals surface area contributed by atoms with Crippen LogP contribution in [-0.4, -0.2) is 42.2 Å². The van der Waals surface area contributed by atoms with Gasteiger partial charge in [-0.25, -0.2) is 0 Å². The van der Waals surface area contributed by atoms with Gasteiger partial charge in [-0.15, -0.1) is 0 Å². The average molecular weight is 444 g/mol. The Morgan fingerprint density at radius 3 is 2.33 bits per heavy atom. The fraction of sp³-hybridized carbons (Fsp3) is 0.350. The number of hydrogen-bond donors (Lipinski definition) is 1. The molecule has 2 aromatic rings. The Kier molecular flexibility index (Phi) is 6.85. The predicted octanol–water partition coefficient (Wildman–Crippen LogP) is 5.14. The molecule has 0 saturated carbocycles. The molecule has 27 heavy (non-hydrogen) atoms. The van der Waals surface area contributed by atoms with Crippen LogP contribution in [-0.2, 0) is 11.2 Å². The number of carbonyl (C=O) groups excluding carboxylic acids is 1. The van der Waals surface area contributed by atoms with Gasteiger partial charge in [-0.1, -0.05) is 46.9 Å². The van der Waals surface area contributed by atoms with Crippen LogP contribution in [0.3, 0.4) is 0 Å². The quantitative estimate of drug-likeness (QED) is 0.661. The molecule has 3 nitrogen and oxygen atoms in total. The zero-order valence-electron chi connectivity index (χ0n) is 15.0. The van der Waals surface area contributed by atoms with Crippen LogP contribution in [0.2, 0.25) is 15.1 Å². The van der Waals surface area contributed by atoms with Crippen molar-refractivity contribution in [1.82, 2.24) is 4.90 Å². The van der Waals surface area contributed by atoms with Crippen molar-refractivity contribution in [3.63, 3.8) is 0 Å². The number of amides is 1. The SMILES string of the molecule is Cc1ccc(Cl)cc1N1CCN(C(=O)C(S)Cc2ccc(Cl)cc2Cl)CC1. The van der Waals surface area contributed by atoms with Gasteiger partial charge in [-0.05, 0) is 48.7 Å². The van der Waals surface area contributed by atoms with Crippen molar-refractivity contribution < 1.29 is 4.79 Å². The number of halogens is 3. The van der Waals surface area contributed by atoms with E-state index in [0.717, 1.165) is 29.4 Å². The highest BCUT2D eigenvalue weighted by Gasteiger charge is 2.26. The molecule has 0 N–H and O–H groups in total. The number of hydrogen-bond acceptors (Lipinski definition) is 3. The van der Waals surface area contributed by atoms with Crippen molar-refractivity contribution in [3.05, 3.63) is 62.6 Å². The van der Waals surface area contributed by atoms with E-state index in [1.54, 1.807) is 12.1 Å². The molecule has 1 unspecified atom stereocenters. The van der Waals surface area contributed by atoms with E-state index in [1.807, 2.05) is 29.2 Å². The lowest BCUT2D eigenvalue weighted by Crippen LogP contribution is -2.51. The van der Waals surface area contributed by atoms with E-state index in [4.69, 9.17) is 34.8 Å². The van der Waals surface area contributed by atoms with Gasteiger partial charge in [0.1, 0.15) is 0 Å². The average Bonchev–Trinajstić information content (AvgIpc) is 2.65. The first-order valence-corrected chi connectivity index (χ1v) is 10.4. The van der Waals surface area contributed by atoms with Gasteiger partial charge in [0.05, 0.1) is 5.25 Å². The van der Waals surface area contributed by atoms with Crippen molar-refractivity contribution in [3.8, 4) is 0 Å². The van der Waals surface area contributed by atoms with E-state index >= 15 is 0 Å². The number of aryl methyl sites for hydroxylation is 1. The number of thiol groups is 1. The van der Waals surface area contributed by atoms with Crippen LogP contribution in [0.4, 0.5) is 5.69 Å². The van der Waals surface area contributed by atoms with Gasteiger partial charge in [0.15, 0.2) is 0 Å². The summed E-state index contributed by atoms with van der Waals surface area (Å²) in [7, 11) is 0. The first kappa shape index (κ1) is 20.7. The molecule has 0 aromatic heterocycles. The predicted molar refractivity (Wildman–Crippen MR) is 118 cm³/mol. The molecule has 0 radical (unpaired) electrons. The molecule has 1 atom stereocenters. The van der Waals surface area contributed by atoms with Gasteiger partial charge in [0, 0.05) is 46.9 Å². The summed E-state index contributed by atoms with van der Waals surface area (Å²) >= 11 is 22.8. The normalized spacial score (nSPS) is 15.7. The third-order valence-electron chi connectivity index (χ3n) is 4.82. The smallest absolute Gasteiger partial charge is 0.235 e. The Bertz CT molecular complexity index is 838. The molecule has 0 spiro atoms. The van der Waals surface area contributed by atoms with Crippen LogP contribution in [0.1, 0.15) is 11.1 Å². The first-order chi connectivity index (χ1) is 12.8. The Morgan fingerprint density at radius 2 is 1.67 bits per heavy atom. The molecule has 0 aliphatic carbocycles. The Hall–Kier alpha value is -1.07. The summed E-state index contributed by atoms with van der Waals surface area (Å²) in [4.78, 5) is 16.9. The molecular weight excluding hydrogens is 423 g/mol. The zero-order valence-corrected chi connectivity index (χ0v) is 18.1. The largest absolute Gasteiger partial charge is 0.368 e. The number of carbonyl (C=O) groups is 1. The molecule has 1 aliphatic rings. The minimum atomic E-state index is -0.428. The minimum absolute atomic E-state index is 0.0341. The zero-order chi connectivity index (χ0) is 19.6. The molecule has 1 fully saturated rings. The summed E-state index contributed by atoms with van der Waals surface area (Å²) in [5.74, 6) is 0.0341. The lowest BCUT2D eigenvalue weighted by Gasteiger charge is -2.37. The lowest BCUT2D eigenvalue weighted by atomic mass is 10.1. The second-order valence-corrected chi connectivity index (χ2v) is 8.60. The molecule has 1 saturated heterocycles. The number of rotatable bonds is 4. The van der Waals surface area contributed by atoms with E-state index in [0.29, 0.717) is 29.6 Å². The lowest BCUT2D eigenvalue weighted by molar-refractivity contribution is -0.130. The van der Waals surface area contributed by atoms with Gasteiger partial charge < -0.3 is 9.80 Å². The molecule has 1 amide bonds. The van der Waals surface area contributed by atoms with Crippen molar-refractivity contribution in [2.45, 2.75) is 18.6 Å². The highest BCUT2D eigenvalue weighted by atomic mass is 35.5. The van der Waals surface area contributed by atoms with Crippen molar-refractivity contribution in [1.29, 1.82) is 0 Å².